The predicted octanol–water partition coefficient (Wildman–Crippen LogP) is -0.692. The van der Waals surface area contributed by atoms with Crippen molar-refractivity contribution in [2.24, 2.45) is 0 Å². The van der Waals surface area contributed by atoms with E-state index in [2.05, 4.69) is 12.8 Å². The maximum Gasteiger partial charge on any atom is 0.470 e. The summed E-state index contributed by atoms with van der Waals surface area (Å²) in [6.07, 6.45) is 1.84. The molecule has 0 bridgehead atoms. The van der Waals surface area contributed by atoms with Crippen LogP contribution in [0, 0.1) is 0 Å². The van der Waals surface area contributed by atoms with E-state index in [9.17, 15) is 0 Å². The molecule has 0 aliphatic carbocycles. The van der Waals surface area contributed by atoms with Gasteiger partial charge in [-0.1, -0.05) is 12.8 Å². The van der Waals surface area contributed by atoms with Crippen LogP contribution < -0.4 is 0 Å². The van der Waals surface area contributed by atoms with Gasteiger partial charge < -0.3 is 10.0 Å². The van der Waals surface area contributed by atoms with Crippen LogP contribution in [0.15, 0.2) is 0 Å². The van der Waals surface area contributed by atoms with Crippen molar-refractivity contribution in [3.05, 3.63) is 0 Å². The average molecular weight is 147 g/mol. The van der Waals surface area contributed by atoms with Crippen LogP contribution in [0.4, 0.5) is 0 Å². The van der Waals surface area contributed by atoms with Crippen molar-refractivity contribution in [1.82, 2.24) is 4.31 Å². The van der Waals surface area contributed by atoms with Crippen LogP contribution in [0.5, 0.6) is 0 Å². The highest BCUT2D eigenvalue weighted by atomic mass is 32.1. The van der Waals surface area contributed by atoms with Crippen molar-refractivity contribution in [2.45, 2.75) is 18.8 Å². The molecule has 1 aliphatic heterocycles. The van der Waals surface area contributed by atoms with Gasteiger partial charge in [0.05, 0.1) is 5.94 Å². The molecule has 5 heteroatoms. The minimum Gasteiger partial charge on any atom is -0.426 e. The second-order valence-electron chi connectivity index (χ2n) is 2.29. The fourth-order valence-corrected chi connectivity index (χ4v) is 1.46. The summed E-state index contributed by atoms with van der Waals surface area (Å²) < 4.78 is 1.67. The van der Waals surface area contributed by atoms with Gasteiger partial charge in [-0.25, -0.2) is 0 Å². The summed E-state index contributed by atoms with van der Waals surface area (Å²) >= 11 is 4.04. The second kappa shape index (κ2) is 2.92. The fourth-order valence-electron chi connectivity index (χ4n) is 1.08. The fraction of sp³-hybridized carbons (Fsp3) is 1.00. The Hall–Kier alpha value is 0.295. The molecule has 0 amide bonds. The summed E-state index contributed by atoms with van der Waals surface area (Å²) in [4.78, 5) is 0. The van der Waals surface area contributed by atoms with E-state index in [4.69, 9.17) is 10.0 Å². The van der Waals surface area contributed by atoms with Crippen LogP contribution in [0.1, 0.15) is 12.8 Å². The average Bonchev–Trinajstić information content (AvgIpc) is 2.13. The molecule has 0 aromatic heterocycles. The lowest BCUT2D eigenvalue weighted by Crippen LogP contribution is -2.37. The molecule has 2 N–H and O–H groups in total. The first-order chi connectivity index (χ1) is 4.22. The molecule has 52 valence electrons. The zero-order valence-electron chi connectivity index (χ0n) is 5.06. The van der Waals surface area contributed by atoms with E-state index in [-0.39, 0.29) is 5.94 Å². The summed E-state index contributed by atoms with van der Waals surface area (Å²) in [5.41, 5.74) is 0. The van der Waals surface area contributed by atoms with Crippen LogP contribution in [0.3, 0.4) is 0 Å². The monoisotopic (exact) mass is 147 g/mol. The van der Waals surface area contributed by atoms with E-state index in [0.717, 1.165) is 19.4 Å². The lowest BCUT2D eigenvalue weighted by atomic mass is 9.79. The van der Waals surface area contributed by atoms with Gasteiger partial charge in [0.25, 0.3) is 0 Å². The molecule has 3 nitrogen and oxygen atoms in total. The minimum atomic E-state index is -1.23. The molecule has 9 heavy (non-hydrogen) atoms. The van der Waals surface area contributed by atoms with Crippen molar-refractivity contribution in [3.63, 3.8) is 0 Å². The Morgan fingerprint density at radius 1 is 1.56 bits per heavy atom. The van der Waals surface area contributed by atoms with Gasteiger partial charge >= 0.3 is 7.12 Å². The van der Waals surface area contributed by atoms with Crippen LogP contribution in [0.2, 0.25) is 0 Å². The minimum absolute atomic E-state index is 0.159. The first-order valence-electron chi connectivity index (χ1n) is 3.03. The van der Waals surface area contributed by atoms with E-state index >= 15 is 0 Å². The molecule has 1 heterocycles. The molecule has 0 aromatic rings. The van der Waals surface area contributed by atoms with Gasteiger partial charge in [0.2, 0.25) is 0 Å². The second-order valence-corrected chi connectivity index (χ2v) is 2.80. The Morgan fingerprint density at radius 2 is 2.22 bits per heavy atom. The summed E-state index contributed by atoms with van der Waals surface area (Å²) in [5.74, 6) is -0.159. The quantitative estimate of drug-likeness (QED) is 0.339. The topological polar surface area (TPSA) is 43.7 Å². The van der Waals surface area contributed by atoms with Gasteiger partial charge in [-0.2, -0.15) is 0 Å². The molecule has 1 atom stereocenters. The Bertz CT molecular complexity index is 103. The van der Waals surface area contributed by atoms with Gasteiger partial charge in [-0.15, -0.1) is 0 Å². The lowest BCUT2D eigenvalue weighted by Gasteiger charge is -2.15. The maximum absolute atomic E-state index is 8.69. The van der Waals surface area contributed by atoms with Crippen molar-refractivity contribution in [1.29, 1.82) is 0 Å². The van der Waals surface area contributed by atoms with Gasteiger partial charge in [-0.3, -0.25) is 4.31 Å². The Kier molecular flexibility index (Phi) is 2.40. The molecule has 1 rings (SSSR count). The highest BCUT2D eigenvalue weighted by molar-refractivity contribution is 7.77. The third-order valence-electron chi connectivity index (χ3n) is 1.61. The number of rotatable bonds is 1. The Balaban J connectivity index is 2.40. The van der Waals surface area contributed by atoms with Crippen molar-refractivity contribution in [3.8, 4) is 0 Å². The number of hydrogen-bond donors (Lipinski definition) is 3. The van der Waals surface area contributed by atoms with Gasteiger partial charge in [0, 0.05) is 6.54 Å². The normalized spacial score (nSPS) is 29.0. The molecule has 1 fully saturated rings. The first-order valence-corrected chi connectivity index (χ1v) is 3.43. The van der Waals surface area contributed by atoms with Gasteiger partial charge in [0.1, 0.15) is 0 Å². The SMILES string of the molecule is OB(O)C1CCCN1S. The molecule has 1 aliphatic rings. The van der Waals surface area contributed by atoms with E-state index < -0.39 is 7.12 Å². The smallest absolute Gasteiger partial charge is 0.426 e. The van der Waals surface area contributed by atoms with Gasteiger partial charge in [-0.05, 0) is 12.8 Å². The largest absolute Gasteiger partial charge is 0.470 e. The molecule has 1 unspecified atom stereocenters. The zero-order valence-corrected chi connectivity index (χ0v) is 5.96. The lowest BCUT2D eigenvalue weighted by molar-refractivity contribution is 0.351. The summed E-state index contributed by atoms with van der Waals surface area (Å²) in [6.45, 7) is 0.853. The number of nitrogens with zero attached hydrogens (tertiary/aromatic N) is 1. The Morgan fingerprint density at radius 3 is 2.44 bits per heavy atom. The van der Waals surface area contributed by atoms with Crippen LogP contribution >= 0.6 is 12.8 Å². The molecule has 0 aromatic carbocycles. The molecule has 0 radical (unpaired) electrons. The van der Waals surface area contributed by atoms with Crippen LogP contribution in [0.25, 0.3) is 0 Å². The standard InChI is InChI=1S/C4H10BNO2S/c7-5(8)4-2-1-3-6(4)9/h4,7-9H,1-3H2. The van der Waals surface area contributed by atoms with Crippen molar-refractivity contribution >= 4 is 19.9 Å². The van der Waals surface area contributed by atoms with E-state index in [1.165, 1.54) is 0 Å². The highest BCUT2D eigenvalue weighted by Gasteiger charge is 2.31. The van der Waals surface area contributed by atoms with Crippen molar-refractivity contribution < 1.29 is 10.0 Å². The third-order valence-corrected chi connectivity index (χ3v) is 2.11. The summed E-state index contributed by atoms with van der Waals surface area (Å²) in [6, 6.07) is 0. The third kappa shape index (κ3) is 1.61. The maximum atomic E-state index is 8.69. The van der Waals surface area contributed by atoms with Crippen LogP contribution in [-0.2, 0) is 0 Å². The first kappa shape index (κ1) is 7.40. The molecule has 1 saturated heterocycles. The zero-order chi connectivity index (χ0) is 6.85. The number of thiol groups is 1. The molecule has 0 saturated carbocycles. The van der Waals surface area contributed by atoms with Gasteiger partial charge in [0.15, 0.2) is 0 Å². The van der Waals surface area contributed by atoms with E-state index in [1.807, 2.05) is 0 Å². The van der Waals surface area contributed by atoms with E-state index in [1.54, 1.807) is 4.31 Å². The summed E-state index contributed by atoms with van der Waals surface area (Å²) in [7, 11) is -1.23. The van der Waals surface area contributed by atoms with Crippen LogP contribution in [-0.4, -0.2) is 34.0 Å². The summed E-state index contributed by atoms with van der Waals surface area (Å²) in [5, 5.41) is 17.4. The highest BCUT2D eigenvalue weighted by Crippen LogP contribution is 2.18. The molecule has 0 spiro atoms. The predicted molar refractivity (Wildman–Crippen MR) is 38.9 cm³/mol. The molecular formula is C4H10BNO2S. The van der Waals surface area contributed by atoms with E-state index in [0.29, 0.717) is 0 Å². The Labute approximate surface area is 60.4 Å². The number of hydrogen-bond acceptors (Lipinski definition) is 4. The molecular weight excluding hydrogens is 137 g/mol. The van der Waals surface area contributed by atoms with Crippen molar-refractivity contribution in [2.75, 3.05) is 6.54 Å².